The van der Waals surface area contributed by atoms with Gasteiger partial charge in [-0.3, -0.25) is 4.79 Å². The first-order valence-corrected chi connectivity index (χ1v) is 8.96. The van der Waals surface area contributed by atoms with Crippen molar-refractivity contribution in [1.29, 1.82) is 0 Å². The van der Waals surface area contributed by atoms with Gasteiger partial charge in [-0.2, -0.15) is 0 Å². The predicted molar refractivity (Wildman–Crippen MR) is 85.7 cm³/mol. The molecule has 0 atom stereocenters. The second kappa shape index (κ2) is 6.33. The number of carbonyl (C=O) groups is 1. The van der Waals surface area contributed by atoms with Gasteiger partial charge in [-0.15, -0.1) is 10.2 Å². The molecule has 1 aromatic carbocycles. The highest BCUT2D eigenvalue weighted by atomic mass is 32.2. The number of hydrogen-bond donors (Lipinski definition) is 1. The first-order chi connectivity index (χ1) is 11.4. The van der Waals surface area contributed by atoms with Crippen molar-refractivity contribution in [2.45, 2.75) is 17.7 Å². The van der Waals surface area contributed by atoms with Crippen molar-refractivity contribution in [2.24, 2.45) is 5.92 Å². The topological polar surface area (TPSA) is 105 Å². The Balaban J connectivity index is 1.74. The van der Waals surface area contributed by atoms with E-state index in [2.05, 4.69) is 15.5 Å². The summed E-state index contributed by atoms with van der Waals surface area (Å²) < 4.78 is 30.6. The molecule has 1 aromatic heterocycles. The normalized spacial score (nSPS) is 14.8. The Morgan fingerprint density at radius 2 is 1.92 bits per heavy atom. The van der Waals surface area contributed by atoms with Crippen LogP contribution in [0.5, 0.6) is 0 Å². The maximum absolute atomic E-state index is 12.0. The average Bonchev–Trinajstić information content (AvgIpc) is 3.26. The quantitative estimate of drug-likeness (QED) is 0.837. The summed E-state index contributed by atoms with van der Waals surface area (Å²) in [6.07, 6.45) is 2.27. The third-order valence-corrected chi connectivity index (χ3v) is 5.58. The number of benzene rings is 1. The summed E-state index contributed by atoms with van der Waals surface area (Å²) in [5.41, 5.74) is 0.543. The van der Waals surface area contributed by atoms with Crippen molar-refractivity contribution in [3.8, 4) is 11.5 Å². The van der Waals surface area contributed by atoms with E-state index in [-0.39, 0.29) is 16.7 Å². The third kappa shape index (κ3) is 3.46. The van der Waals surface area contributed by atoms with Crippen LogP contribution in [0.1, 0.15) is 23.5 Å². The number of carbonyl (C=O) groups excluding carboxylic acids is 1. The van der Waals surface area contributed by atoms with E-state index in [0.717, 1.165) is 17.1 Å². The van der Waals surface area contributed by atoms with Gasteiger partial charge in [0.2, 0.25) is 15.9 Å². The Morgan fingerprint density at radius 1 is 1.25 bits per heavy atom. The molecule has 1 fully saturated rings. The second-order valence-corrected chi connectivity index (χ2v) is 8.03. The van der Waals surface area contributed by atoms with Crippen LogP contribution in [0.15, 0.2) is 33.6 Å². The smallest absolute Gasteiger partial charge is 0.308 e. The molecule has 8 nitrogen and oxygen atoms in total. The van der Waals surface area contributed by atoms with Crippen LogP contribution in [0.3, 0.4) is 0 Å². The minimum Gasteiger partial charge on any atom is -0.412 e. The van der Waals surface area contributed by atoms with Gasteiger partial charge in [0.05, 0.1) is 4.90 Å². The molecule has 1 aliphatic rings. The summed E-state index contributed by atoms with van der Waals surface area (Å²) in [6, 6.07) is 6.05. The van der Waals surface area contributed by atoms with Crippen molar-refractivity contribution in [3.63, 3.8) is 0 Å². The molecule has 9 heteroatoms. The number of amides is 1. The molecule has 1 N–H and O–H groups in total. The summed E-state index contributed by atoms with van der Waals surface area (Å²) in [5.74, 6) is 0.228. The van der Waals surface area contributed by atoms with E-state index in [1.165, 1.54) is 26.2 Å². The highest BCUT2D eigenvalue weighted by Gasteiger charge is 2.24. The van der Waals surface area contributed by atoms with Crippen molar-refractivity contribution < 1.29 is 17.6 Å². The fraction of sp³-hybridized carbons (Fsp3) is 0.400. The van der Waals surface area contributed by atoms with Gasteiger partial charge in [0, 0.05) is 26.2 Å². The fourth-order valence-electron chi connectivity index (χ4n) is 2.05. The first-order valence-electron chi connectivity index (χ1n) is 7.52. The molecule has 24 heavy (non-hydrogen) atoms. The molecule has 1 aliphatic carbocycles. The van der Waals surface area contributed by atoms with Crippen molar-refractivity contribution in [3.05, 3.63) is 30.2 Å². The Kier molecular flexibility index (Phi) is 4.37. The molecule has 1 heterocycles. The Hall–Kier alpha value is -2.26. The number of rotatable bonds is 6. The lowest BCUT2D eigenvalue weighted by Crippen LogP contribution is -2.25. The molecule has 2 aromatic rings. The minimum atomic E-state index is -3.49. The van der Waals surface area contributed by atoms with E-state index >= 15 is 0 Å². The molecule has 0 aliphatic heterocycles. The van der Waals surface area contributed by atoms with E-state index < -0.39 is 15.9 Å². The molecule has 128 valence electrons. The molecule has 3 rings (SSSR count). The largest absolute Gasteiger partial charge is 0.412 e. The van der Waals surface area contributed by atoms with Gasteiger partial charge in [0.1, 0.15) is 0 Å². The van der Waals surface area contributed by atoms with Crippen LogP contribution in [0.25, 0.3) is 11.5 Å². The summed E-state index contributed by atoms with van der Waals surface area (Å²) in [7, 11) is -0.559. The van der Waals surface area contributed by atoms with E-state index in [4.69, 9.17) is 4.42 Å². The van der Waals surface area contributed by atoms with Gasteiger partial charge in [-0.1, -0.05) is 0 Å². The standard InChI is InChI=1S/C15H18N4O4S/c1-19(2)24(21,22)12-7-5-11(6-8-12)14-17-18-15(23-14)13(20)16-9-10-3-4-10/h5-8,10H,3-4,9H2,1-2H3,(H,16,20). The van der Waals surface area contributed by atoms with E-state index in [9.17, 15) is 13.2 Å². The maximum atomic E-state index is 12.0. The summed E-state index contributed by atoms with van der Waals surface area (Å²) in [6.45, 7) is 0.619. The number of nitrogens with zero attached hydrogens (tertiary/aromatic N) is 3. The third-order valence-electron chi connectivity index (χ3n) is 3.75. The van der Waals surface area contributed by atoms with Gasteiger partial charge in [-0.05, 0) is 43.0 Å². The Labute approximate surface area is 139 Å². The molecule has 0 unspecified atom stereocenters. The van der Waals surface area contributed by atoms with E-state index in [1.807, 2.05) is 0 Å². The lowest BCUT2D eigenvalue weighted by molar-refractivity contribution is 0.0917. The Bertz CT molecular complexity index is 839. The molecular weight excluding hydrogens is 332 g/mol. The van der Waals surface area contributed by atoms with Crippen molar-refractivity contribution in [2.75, 3.05) is 20.6 Å². The van der Waals surface area contributed by atoms with Gasteiger partial charge in [0.25, 0.3) is 0 Å². The molecule has 0 radical (unpaired) electrons. The predicted octanol–water partition coefficient (Wildman–Crippen LogP) is 1.13. The zero-order valence-electron chi connectivity index (χ0n) is 13.4. The van der Waals surface area contributed by atoms with Crippen LogP contribution in [0.4, 0.5) is 0 Å². The van der Waals surface area contributed by atoms with Crippen LogP contribution < -0.4 is 5.32 Å². The molecule has 1 amide bonds. The summed E-state index contributed by atoms with van der Waals surface area (Å²) >= 11 is 0. The van der Waals surface area contributed by atoms with Crippen LogP contribution >= 0.6 is 0 Å². The van der Waals surface area contributed by atoms with Gasteiger partial charge in [-0.25, -0.2) is 12.7 Å². The SMILES string of the molecule is CN(C)S(=O)(=O)c1ccc(-c2nnc(C(=O)NCC3CC3)o2)cc1. The number of aromatic nitrogens is 2. The second-order valence-electron chi connectivity index (χ2n) is 5.88. The lowest BCUT2D eigenvalue weighted by atomic mass is 10.2. The Morgan fingerprint density at radius 3 is 2.50 bits per heavy atom. The lowest BCUT2D eigenvalue weighted by Gasteiger charge is -2.11. The average molecular weight is 350 g/mol. The monoisotopic (exact) mass is 350 g/mol. The molecule has 1 saturated carbocycles. The van der Waals surface area contributed by atoms with Gasteiger partial charge >= 0.3 is 11.8 Å². The van der Waals surface area contributed by atoms with Gasteiger partial charge in [0.15, 0.2) is 0 Å². The zero-order chi connectivity index (χ0) is 17.3. The molecular formula is C15H18N4O4S. The molecule has 0 saturated heterocycles. The number of hydrogen-bond acceptors (Lipinski definition) is 6. The van der Waals surface area contributed by atoms with Gasteiger partial charge < -0.3 is 9.73 Å². The van der Waals surface area contributed by atoms with E-state index in [1.54, 1.807) is 12.1 Å². The van der Waals surface area contributed by atoms with Crippen LogP contribution in [0, 0.1) is 5.92 Å². The maximum Gasteiger partial charge on any atom is 0.308 e. The van der Waals surface area contributed by atoms with Crippen LogP contribution in [0.2, 0.25) is 0 Å². The molecule has 0 bridgehead atoms. The van der Waals surface area contributed by atoms with Crippen LogP contribution in [-0.2, 0) is 10.0 Å². The summed E-state index contributed by atoms with van der Waals surface area (Å²) in [5, 5.41) is 10.3. The molecule has 0 spiro atoms. The number of sulfonamides is 1. The van der Waals surface area contributed by atoms with Crippen LogP contribution in [-0.4, -0.2) is 49.5 Å². The summed E-state index contributed by atoms with van der Waals surface area (Å²) in [4.78, 5) is 12.1. The first kappa shape index (κ1) is 16.6. The van der Waals surface area contributed by atoms with Crippen molar-refractivity contribution >= 4 is 15.9 Å². The zero-order valence-corrected chi connectivity index (χ0v) is 14.2. The fourth-order valence-corrected chi connectivity index (χ4v) is 2.95. The van der Waals surface area contributed by atoms with E-state index in [0.29, 0.717) is 18.0 Å². The minimum absolute atomic E-state index is 0.101. The highest BCUT2D eigenvalue weighted by Crippen LogP contribution is 2.27. The van der Waals surface area contributed by atoms with Crippen molar-refractivity contribution in [1.82, 2.24) is 19.8 Å². The number of nitrogens with one attached hydrogen (secondary N) is 1. The highest BCUT2D eigenvalue weighted by molar-refractivity contribution is 7.89.